The van der Waals surface area contributed by atoms with Gasteiger partial charge in [-0.05, 0) is 49.1 Å². The van der Waals surface area contributed by atoms with Gasteiger partial charge >= 0.3 is 0 Å². The Hall–Kier alpha value is -2.68. The Bertz CT molecular complexity index is 1350. The molecule has 2 saturated heterocycles. The van der Waals surface area contributed by atoms with Gasteiger partial charge in [-0.25, -0.2) is 4.98 Å². The highest BCUT2D eigenvalue weighted by atomic mass is 35.5. The predicted octanol–water partition coefficient (Wildman–Crippen LogP) is 4.74. The van der Waals surface area contributed by atoms with Gasteiger partial charge in [0.05, 0.1) is 17.0 Å². The minimum Gasteiger partial charge on any atom is -0.356 e. The Kier molecular flexibility index (Phi) is 6.23. The molecular formula is C24H21ClN4O2S2. The number of halogens is 1. The number of thioether (sulfide) groups is 1. The van der Waals surface area contributed by atoms with Gasteiger partial charge in [-0.15, -0.1) is 0 Å². The first kappa shape index (κ1) is 22.1. The van der Waals surface area contributed by atoms with E-state index >= 15 is 0 Å². The zero-order chi connectivity index (χ0) is 22.9. The number of rotatable bonds is 4. The Morgan fingerprint density at radius 2 is 1.82 bits per heavy atom. The number of fused-ring (bicyclic) bond motifs is 1. The van der Waals surface area contributed by atoms with Crippen LogP contribution in [0.4, 0.5) is 5.82 Å². The van der Waals surface area contributed by atoms with Crippen molar-refractivity contribution in [3.8, 4) is 0 Å². The molecule has 2 aliphatic heterocycles. The van der Waals surface area contributed by atoms with E-state index in [4.69, 9.17) is 28.8 Å². The zero-order valence-corrected chi connectivity index (χ0v) is 20.1. The summed E-state index contributed by atoms with van der Waals surface area (Å²) in [5, 5.41) is 0.583. The quantitative estimate of drug-likeness (QED) is 0.384. The molecule has 2 fully saturated rings. The molecule has 0 unspecified atom stereocenters. The SMILES string of the molecule is O=C1/C(=C\c2c(N3CCCCC3)nc3ccccn3c2=O)SC(=S)N1Cc1ccccc1Cl. The molecule has 168 valence electrons. The molecule has 33 heavy (non-hydrogen) atoms. The number of nitrogens with zero attached hydrogens (tertiary/aromatic N) is 4. The van der Waals surface area contributed by atoms with Crippen molar-refractivity contribution in [1.29, 1.82) is 0 Å². The first-order chi connectivity index (χ1) is 16.0. The van der Waals surface area contributed by atoms with E-state index in [1.165, 1.54) is 27.5 Å². The summed E-state index contributed by atoms with van der Waals surface area (Å²) >= 11 is 13.0. The van der Waals surface area contributed by atoms with Crippen molar-refractivity contribution in [2.75, 3.05) is 18.0 Å². The summed E-state index contributed by atoms with van der Waals surface area (Å²) in [6.45, 7) is 1.96. The lowest BCUT2D eigenvalue weighted by Gasteiger charge is -2.29. The van der Waals surface area contributed by atoms with Crippen molar-refractivity contribution in [2.45, 2.75) is 25.8 Å². The molecule has 0 N–H and O–H groups in total. The first-order valence-electron chi connectivity index (χ1n) is 10.8. The van der Waals surface area contributed by atoms with Crippen LogP contribution in [-0.2, 0) is 11.3 Å². The van der Waals surface area contributed by atoms with Crippen LogP contribution in [0.5, 0.6) is 0 Å². The smallest absolute Gasteiger partial charge is 0.267 e. The number of benzene rings is 1. The summed E-state index contributed by atoms with van der Waals surface area (Å²) < 4.78 is 1.96. The van der Waals surface area contributed by atoms with Gasteiger partial charge in [-0.2, -0.15) is 0 Å². The normalized spacial score (nSPS) is 18.0. The number of hydrogen-bond acceptors (Lipinski definition) is 6. The third-order valence-electron chi connectivity index (χ3n) is 5.84. The van der Waals surface area contributed by atoms with Crippen molar-refractivity contribution >= 4 is 63.3 Å². The molecule has 0 aliphatic carbocycles. The van der Waals surface area contributed by atoms with E-state index in [1.54, 1.807) is 24.4 Å². The number of piperidine rings is 1. The molecule has 0 radical (unpaired) electrons. The molecule has 2 aliphatic rings. The van der Waals surface area contributed by atoms with Crippen LogP contribution in [0.25, 0.3) is 11.7 Å². The standard InChI is InChI=1S/C24H21ClN4O2S2/c25-18-9-3-2-8-16(18)15-29-23(31)19(33-24(29)32)14-17-21(27-11-5-1-6-12-27)26-20-10-4-7-13-28(20)22(17)30/h2-4,7-10,13-14H,1,5-6,11-12,15H2/b19-14+. The highest BCUT2D eigenvalue weighted by Gasteiger charge is 2.33. The maximum atomic E-state index is 13.5. The van der Waals surface area contributed by atoms with Crippen molar-refractivity contribution in [1.82, 2.24) is 14.3 Å². The van der Waals surface area contributed by atoms with Gasteiger partial charge in [0.25, 0.3) is 11.5 Å². The number of thiocarbonyl (C=S) groups is 1. The number of carbonyl (C=O) groups is 1. The molecule has 6 nitrogen and oxygen atoms in total. The number of hydrogen-bond donors (Lipinski definition) is 0. The van der Waals surface area contributed by atoms with Gasteiger partial charge in [-0.3, -0.25) is 18.9 Å². The van der Waals surface area contributed by atoms with Crippen molar-refractivity contribution in [3.05, 3.63) is 80.1 Å². The number of pyridine rings is 1. The minimum absolute atomic E-state index is 0.197. The summed E-state index contributed by atoms with van der Waals surface area (Å²) in [4.78, 5) is 35.6. The van der Waals surface area contributed by atoms with Crippen molar-refractivity contribution < 1.29 is 4.79 Å². The van der Waals surface area contributed by atoms with E-state index in [9.17, 15) is 9.59 Å². The molecule has 0 atom stereocenters. The van der Waals surface area contributed by atoms with E-state index in [0.717, 1.165) is 31.5 Å². The summed E-state index contributed by atoms with van der Waals surface area (Å²) in [5.41, 5.74) is 1.63. The van der Waals surface area contributed by atoms with Crippen molar-refractivity contribution in [3.63, 3.8) is 0 Å². The molecule has 0 spiro atoms. The van der Waals surface area contributed by atoms with Gasteiger partial charge in [0.15, 0.2) is 0 Å². The Labute approximate surface area is 205 Å². The molecule has 1 aromatic carbocycles. The second-order valence-corrected chi connectivity index (χ2v) is 10.1. The van der Waals surface area contributed by atoms with E-state index in [2.05, 4.69) is 4.90 Å². The van der Waals surface area contributed by atoms with Crippen LogP contribution in [0.1, 0.15) is 30.4 Å². The molecule has 2 aromatic heterocycles. The highest BCUT2D eigenvalue weighted by Crippen LogP contribution is 2.35. The van der Waals surface area contributed by atoms with E-state index < -0.39 is 0 Å². The third-order valence-corrected chi connectivity index (χ3v) is 7.59. The monoisotopic (exact) mass is 496 g/mol. The van der Waals surface area contributed by atoms with Crippen LogP contribution in [-0.4, -0.2) is 37.6 Å². The molecule has 1 amide bonds. The van der Waals surface area contributed by atoms with Crippen molar-refractivity contribution in [2.24, 2.45) is 0 Å². The van der Waals surface area contributed by atoms with E-state index in [0.29, 0.717) is 31.3 Å². The maximum absolute atomic E-state index is 13.5. The average molecular weight is 497 g/mol. The van der Waals surface area contributed by atoms with Gasteiger partial charge in [0.1, 0.15) is 15.8 Å². The van der Waals surface area contributed by atoms with Gasteiger partial charge in [-0.1, -0.05) is 59.8 Å². The van der Waals surface area contributed by atoms with Crippen LogP contribution in [0.3, 0.4) is 0 Å². The van der Waals surface area contributed by atoms with E-state index in [1.807, 2.05) is 30.3 Å². The highest BCUT2D eigenvalue weighted by molar-refractivity contribution is 8.26. The first-order valence-corrected chi connectivity index (χ1v) is 12.4. The number of carbonyl (C=O) groups excluding carboxylic acids is 1. The maximum Gasteiger partial charge on any atom is 0.267 e. The van der Waals surface area contributed by atoms with Crippen LogP contribution < -0.4 is 10.5 Å². The number of amides is 1. The lowest BCUT2D eigenvalue weighted by molar-refractivity contribution is -0.122. The summed E-state index contributed by atoms with van der Waals surface area (Å²) in [6.07, 6.45) is 6.62. The Balaban J connectivity index is 1.56. The Morgan fingerprint density at radius 1 is 1.06 bits per heavy atom. The predicted molar refractivity (Wildman–Crippen MR) is 138 cm³/mol. The van der Waals surface area contributed by atoms with Crippen LogP contribution in [0.15, 0.2) is 58.4 Å². The minimum atomic E-state index is -0.230. The van der Waals surface area contributed by atoms with Crippen LogP contribution in [0.2, 0.25) is 5.02 Å². The fourth-order valence-corrected chi connectivity index (χ4v) is 5.56. The van der Waals surface area contributed by atoms with E-state index in [-0.39, 0.29) is 18.0 Å². The molecule has 5 rings (SSSR count). The average Bonchev–Trinajstić information content (AvgIpc) is 3.10. The molecule has 0 bridgehead atoms. The van der Waals surface area contributed by atoms with Crippen LogP contribution >= 0.6 is 35.6 Å². The van der Waals surface area contributed by atoms with Gasteiger partial charge < -0.3 is 4.90 Å². The molecule has 9 heteroatoms. The number of aromatic nitrogens is 2. The number of anilines is 1. The fourth-order valence-electron chi connectivity index (χ4n) is 4.13. The fraction of sp³-hybridized carbons (Fsp3) is 0.250. The summed E-state index contributed by atoms with van der Waals surface area (Å²) in [6, 6.07) is 12.9. The summed E-state index contributed by atoms with van der Waals surface area (Å²) in [5.74, 6) is 0.398. The summed E-state index contributed by atoms with van der Waals surface area (Å²) in [7, 11) is 0. The molecule has 3 aromatic rings. The largest absolute Gasteiger partial charge is 0.356 e. The molecular weight excluding hydrogens is 476 g/mol. The van der Waals surface area contributed by atoms with Gasteiger partial charge in [0, 0.05) is 24.3 Å². The lowest BCUT2D eigenvalue weighted by atomic mass is 10.1. The second-order valence-electron chi connectivity index (χ2n) is 7.99. The zero-order valence-electron chi connectivity index (χ0n) is 17.7. The topological polar surface area (TPSA) is 57.9 Å². The molecule has 4 heterocycles. The van der Waals surface area contributed by atoms with Gasteiger partial charge in [0.2, 0.25) is 0 Å². The Morgan fingerprint density at radius 3 is 2.61 bits per heavy atom. The van der Waals surface area contributed by atoms with Crippen LogP contribution in [0, 0.1) is 0 Å². The third kappa shape index (κ3) is 4.30. The molecule has 0 saturated carbocycles. The lowest BCUT2D eigenvalue weighted by Crippen LogP contribution is -2.33. The second kappa shape index (κ2) is 9.29.